The maximum atomic E-state index is 6.02. The van der Waals surface area contributed by atoms with Gasteiger partial charge in [0.05, 0.1) is 0 Å². The van der Waals surface area contributed by atoms with Gasteiger partial charge in [0.25, 0.3) is 0 Å². The van der Waals surface area contributed by atoms with E-state index < -0.39 is 0 Å². The number of nitrogens with two attached hydrogens (primary N) is 1. The normalized spacial score (nSPS) is 24.4. The Balaban J connectivity index is 2.25. The number of benzene rings is 1. The van der Waals surface area contributed by atoms with Crippen LogP contribution >= 0.6 is 15.9 Å². The number of nitrogens with zero attached hydrogens (tertiary/aromatic N) is 1. The molecule has 1 fully saturated rings. The summed E-state index contributed by atoms with van der Waals surface area (Å²) < 4.78 is 1.14. The summed E-state index contributed by atoms with van der Waals surface area (Å²) in [4.78, 5) is 2.49. The van der Waals surface area contributed by atoms with E-state index >= 15 is 0 Å². The topological polar surface area (TPSA) is 29.3 Å². The number of anilines is 1. The highest BCUT2D eigenvalue weighted by Gasteiger charge is 2.26. The van der Waals surface area contributed by atoms with Crippen molar-refractivity contribution in [3.8, 4) is 0 Å². The van der Waals surface area contributed by atoms with Crippen molar-refractivity contribution in [2.24, 2.45) is 11.7 Å². The third-order valence-corrected chi connectivity index (χ3v) is 5.02. The highest BCUT2D eigenvalue weighted by Crippen LogP contribution is 2.33. The minimum atomic E-state index is 0.195. The van der Waals surface area contributed by atoms with Crippen LogP contribution in [0.15, 0.2) is 22.7 Å². The molecule has 2 rings (SSSR count). The zero-order valence-electron chi connectivity index (χ0n) is 12.9. The number of halogens is 1. The molecule has 1 aliphatic rings. The van der Waals surface area contributed by atoms with Crippen LogP contribution in [0.4, 0.5) is 5.69 Å². The van der Waals surface area contributed by atoms with E-state index in [1.807, 2.05) is 0 Å². The van der Waals surface area contributed by atoms with Gasteiger partial charge in [0.1, 0.15) is 0 Å². The minimum Gasteiger partial charge on any atom is -0.371 e. The second-order valence-corrected chi connectivity index (χ2v) is 7.31. The lowest BCUT2D eigenvalue weighted by atomic mass is 9.84. The number of rotatable bonds is 4. The van der Waals surface area contributed by atoms with Crippen molar-refractivity contribution < 1.29 is 0 Å². The lowest BCUT2D eigenvalue weighted by Crippen LogP contribution is -2.39. The molecule has 1 saturated carbocycles. The molecular weight excluding hydrogens is 312 g/mol. The summed E-state index contributed by atoms with van der Waals surface area (Å²) in [6.45, 7) is 4.47. The Hall–Kier alpha value is -0.540. The summed E-state index contributed by atoms with van der Waals surface area (Å²) >= 11 is 3.58. The predicted octanol–water partition coefficient (Wildman–Crippen LogP) is 4.35. The molecule has 0 aromatic heterocycles. The Morgan fingerprint density at radius 1 is 1.35 bits per heavy atom. The van der Waals surface area contributed by atoms with Crippen molar-refractivity contribution >= 4 is 21.6 Å². The Labute approximate surface area is 131 Å². The van der Waals surface area contributed by atoms with E-state index in [4.69, 9.17) is 5.73 Å². The van der Waals surface area contributed by atoms with Gasteiger partial charge in [0.15, 0.2) is 0 Å². The van der Waals surface area contributed by atoms with Gasteiger partial charge < -0.3 is 10.6 Å². The molecule has 112 valence electrons. The van der Waals surface area contributed by atoms with E-state index in [1.165, 1.54) is 36.9 Å². The van der Waals surface area contributed by atoms with E-state index in [9.17, 15) is 0 Å². The zero-order chi connectivity index (χ0) is 14.7. The third kappa shape index (κ3) is 3.76. The third-order valence-electron chi connectivity index (χ3n) is 4.53. The van der Waals surface area contributed by atoms with Crippen LogP contribution in [0, 0.1) is 5.92 Å². The van der Waals surface area contributed by atoms with Crippen LogP contribution in [-0.2, 0) is 6.42 Å². The first kappa shape index (κ1) is 15.8. The highest BCUT2D eigenvalue weighted by molar-refractivity contribution is 9.10. The molecular formula is C17H27BrN2. The Morgan fingerprint density at radius 3 is 2.70 bits per heavy atom. The molecule has 0 heterocycles. The van der Waals surface area contributed by atoms with E-state index in [1.54, 1.807) is 0 Å². The van der Waals surface area contributed by atoms with Crippen LogP contribution in [0.2, 0.25) is 0 Å². The van der Waals surface area contributed by atoms with Gasteiger partial charge >= 0.3 is 0 Å². The first-order valence-corrected chi connectivity index (χ1v) is 8.55. The highest BCUT2D eigenvalue weighted by atomic mass is 79.9. The predicted molar refractivity (Wildman–Crippen MR) is 91.3 cm³/mol. The fraction of sp³-hybridized carbons (Fsp3) is 0.647. The molecule has 3 atom stereocenters. The standard InChI is InChI=1S/C17H27BrN2/c1-12-6-4-5-7-16(12)20(3)17-9-8-15(18)11-14(17)10-13(2)19/h8-9,11-13,16H,4-7,10,19H2,1-3H3. The first-order chi connectivity index (χ1) is 9.49. The lowest BCUT2D eigenvalue weighted by molar-refractivity contribution is 0.321. The monoisotopic (exact) mass is 338 g/mol. The SMILES string of the molecule is CC(N)Cc1cc(Br)ccc1N(C)C1CCCCC1C. The average Bonchev–Trinajstić information content (AvgIpc) is 2.38. The Kier molecular flexibility index (Phi) is 5.50. The lowest BCUT2D eigenvalue weighted by Gasteiger charge is -2.38. The molecule has 0 amide bonds. The fourth-order valence-electron chi connectivity index (χ4n) is 3.46. The molecule has 0 bridgehead atoms. The van der Waals surface area contributed by atoms with Crippen LogP contribution < -0.4 is 10.6 Å². The molecule has 0 spiro atoms. The van der Waals surface area contributed by atoms with Gasteiger partial charge in [0, 0.05) is 29.3 Å². The van der Waals surface area contributed by atoms with Crippen molar-refractivity contribution in [3.63, 3.8) is 0 Å². The molecule has 1 aromatic rings. The zero-order valence-corrected chi connectivity index (χ0v) is 14.5. The van der Waals surface area contributed by atoms with Crippen LogP contribution in [-0.4, -0.2) is 19.1 Å². The summed E-state index contributed by atoms with van der Waals surface area (Å²) in [5.74, 6) is 0.778. The van der Waals surface area contributed by atoms with E-state index in [-0.39, 0.29) is 6.04 Å². The van der Waals surface area contributed by atoms with Crippen molar-refractivity contribution in [2.45, 2.75) is 58.0 Å². The van der Waals surface area contributed by atoms with E-state index in [0.717, 1.165) is 16.8 Å². The van der Waals surface area contributed by atoms with Gasteiger partial charge in [-0.25, -0.2) is 0 Å². The van der Waals surface area contributed by atoms with Crippen molar-refractivity contribution in [3.05, 3.63) is 28.2 Å². The summed E-state index contributed by atoms with van der Waals surface area (Å²) in [5, 5.41) is 0. The smallest absolute Gasteiger partial charge is 0.0400 e. The summed E-state index contributed by atoms with van der Waals surface area (Å²) in [7, 11) is 2.25. The Bertz CT molecular complexity index is 445. The van der Waals surface area contributed by atoms with Crippen molar-refractivity contribution in [1.29, 1.82) is 0 Å². The summed E-state index contributed by atoms with van der Waals surface area (Å²) in [5.41, 5.74) is 8.72. The van der Waals surface area contributed by atoms with Gasteiger partial charge in [-0.1, -0.05) is 35.7 Å². The molecule has 3 heteroatoms. The molecule has 1 aromatic carbocycles. The van der Waals surface area contributed by atoms with Gasteiger partial charge in [-0.2, -0.15) is 0 Å². The van der Waals surface area contributed by atoms with Gasteiger partial charge in [0.2, 0.25) is 0 Å². The second-order valence-electron chi connectivity index (χ2n) is 6.39. The number of hydrogen-bond donors (Lipinski definition) is 1. The van der Waals surface area contributed by atoms with E-state index in [2.05, 4.69) is 59.9 Å². The summed E-state index contributed by atoms with van der Waals surface area (Å²) in [6, 6.07) is 7.47. The van der Waals surface area contributed by atoms with Crippen molar-refractivity contribution in [2.75, 3.05) is 11.9 Å². The maximum absolute atomic E-state index is 6.02. The largest absolute Gasteiger partial charge is 0.371 e. The van der Waals surface area contributed by atoms with Gasteiger partial charge in [-0.3, -0.25) is 0 Å². The van der Waals surface area contributed by atoms with E-state index in [0.29, 0.717) is 6.04 Å². The van der Waals surface area contributed by atoms with Crippen LogP contribution in [0.25, 0.3) is 0 Å². The Morgan fingerprint density at radius 2 is 2.05 bits per heavy atom. The molecule has 1 aliphatic carbocycles. The molecule has 2 N–H and O–H groups in total. The number of hydrogen-bond acceptors (Lipinski definition) is 2. The molecule has 0 radical (unpaired) electrons. The second kappa shape index (κ2) is 6.95. The van der Waals surface area contributed by atoms with Gasteiger partial charge in [-0.05, 0) is 55.9 Å². The molecule has 20 heavy (non-hydrogen) atoms. The average molecular weight is 339 g/mol. The molecule has 0 saturated heterocycles. The van der Waals surface area contributed by atoms with Crippen LogP contribution in [0.1, 0.15) is 45.1 Å². The summed E-state index contributed by atoms with van der Waals surface area (Å²) in [6.07, 6.45) is 6.34. The first-order valence-electron chi connectivity index (χ1n) is 7.76. The fourth-order valence-corrected chi connectivity index (χ4v) is 3.87. The molecule has 2 nitrogen and oxygen atoms in total. The minimum absolute atomic E-state index is 0.195. The maximum Gasteiger partial charge on any atom is 0.0400 e. The molecule has 3 unspecified atom stereocenters. The van der Waals surface area contributed by atoms with Crippen LogP contribution in [0.3, 0.4) is 0 Å². The molecule has 0 aliphatic heterocycles. The van der Waals surface area contributed by atoms with Gasteiger partial charge in [-0.15, -0.1) is 0 Å². The van der Waals surface area contributed by atoms with Crippen LogP contribution in [0.5, 0.6) is 0 Å². The quantitative estimate of drug-likeness (QED) is 0.883. The van der Waals surface area contributed by atoms with Crippen molar-refractivity contribution in [1.82, 2.24) is 0 Å².